The second-order valence-electron chi connectivity index (χ2n) is 8.60. The highest BCUT2D eigenvalue weighted by molar-refractivity contribution is 6.43. The molecule has 0 aliphatic carbocycles. The molecule has 2 aliphatic heterocycles. The molecule has 0 amide bonds. The molecule has 2 aliphatic rings. The summed E-state index contributed by atoms with van der Waals surface area (Å²) >= 11 is 12.6. The Hall–Kier alpha value is -2.44. The highest BCUT2D eigenvalue weighted by Gasteiger charge is 2.20. The lowest BCUT2D eigenvalue weighted by molar-refractivity contribution is 0.189. The van der Waals surface area contributed by atoms with E-state index >= 15 is 0 Å². The Morgan fingerprint density at radius 2 is 1.70 bits per heavy atom. The lowest BCUT2D eigenvalue weighted by Crippen LogP contribution is -2.46. The first kappa shape index (κ1) is 22.4. The predicted molar refractivity (Wildman–Crippen MR) is 135 cm³/mol. The molecule has 3 aromatic carbocycles. The molecule has 33 heavy (non-hydrogen) atoms. The molecule has 2 heterocycles. The van der Waals surface area contributed by atoms with Crippen LogP contribution in [0.25, 0.3) is 0 Å². The zero-order valence-corrected chi connectivity index (χ0v) is 19.8. The maximum absolute atomic E-state index is 9.83. The molecule has 3 aromatic rings. The molecule has 5 nitrogen and oxygen atoms in total. The third-order valence-electron chi connectivity index (χ3n) is 6.30. The van der Waals surface area contributed by atoms with Gasteiger partial charge >= 0.3 is 0 Å². The van der Waals surface area contributed by atoms with Gasteiger partial charge in [-0.15, -0.1) is 0 Å². The highest BCUT2D eigenvalue weighted by Crippen LogP contribution is 2.33. The van der Waals surface area contributed by atoms with Gasteiger partial charge in [0, 0.05) is 44.5 Å². The van der Waals surface area contributed by atoms with E-state index in [2.05, 4.69) is 33.3 Å². The van der Waals surface area contributed by atoms with Crippen molar-refractivity contribution >= 4 is 34.6 Å². The van der Waals surface area contributed by atoms with Crippen molar-refractivity contribution in [3.05, 3.63) is 81.8 Å². The second-order valence-corrected chi connectivity index (χ2v) is 9.39. The number of anilines is 2. The number of rotatable bonds is 5. The van der Waals surface area contributed by atoms with Crippen LogP contribution in [0.4, 0.5) is 11.4 Å². The molecule has 2 N–H and O–H groups in total. The van der Waals surface area contributed by atoms with E-state index < -0.39 is 6.23 Å². The Balaban J connectivity index is 1.16. The van der Waals surface area contributed by atoms with E-state index in [1.165, 1.54) is 11.1 Å². The summed E-state index contributed by atoms with van der Waals surface area (Å²) in [4.78, 5) is 4.75. The van der Waals surface area contributed by atoms with Gasteiger partial charge in [0.25, 0.3) is 0 Å². The summed E-state index contributed by atoms with van der Waals surface area (Å²) in [6.07, 6.45) is 1.12. The van der Waals surface area contributed by atoms with Crippen molar-refractivity contribution < 1.29 is 9.84 Å². The summed E-state index contributed by atoms with van der Waals surface area (Å²) in [5, 5.41) is 14.2. The van der Waals surface area contributed by atoms with Crippen LogP contribution in [0.3, 0.4) is 0 Å². The number of hydrogen-bond acceptors (Lipinski definition) is 5. The van der Waals surface area contributed by atoms with Crippen LogP contribution in [-0.2, 0) is 13.0 Å². The average molecular weight is 484 g/mol. The molecule has 7 heteroatoms. The summed E-state index contributed by atoms with van der Waals surface area (Å²) in [7, 11) is 0. The summed E-state index contributed by atoms with van der Waals surface area (Å²) in [6.45, 7) is 4.67. The zero-order valence-electron chi connectivity index (χ0n) is 18.3. The van der Waals surface area contributed by atoms with Crippen molar-refractivity contribution in [2.24, 2.45) is 0 Å². The SMILES string of the molecule is OC1CCc2ccc(Oc3ccc(CN4CCN(c5cccc(Cl)c5Cl)CC4)cc3)cc2N1. The standard InChI is InChI=1S/C26H27Cl2N3O2/c27-22-2-1-3-24(26(22)28)31-14-12-30(13-15-31)17-18-4-8-20(9-5-18)33-21-10-6-19-7-11-25(32)29-23(19)16-21/h1-6,8-10,16,25,29,32H,7,11-15,17H2. The van der Waals surface area contributed by atoms with Gasteiger partial charge in [0.2, 0.25) is 0 Å². The Morgan fingerprint density at radius 1 is 0.939 bits per heavy atom. The number of nitrogens with zero attached hydrogens (tertiary/aromatic N) is 2. The van der Waals surface area contributed by atoms with E-state index in [4.69, 9.17) is 27.9 Å². The van der Waals surface area contributed by atoms with Crippen molar-refractivity contribution in [1.29, 1.82) is 0 Å². The van der Waals surface area contributed by atoms with E-state index in [-0.39, 0.29) is 0 Å². The van der Waals surface area contributed by atoms with Crippen LogP contribution in [0.5, 0.6) is 11.5 Å². The van der Waals surface area contributed by atoms with Gasteiger partial charge in [-0.3, -0.25) is 4.90 Å². The molecular formula is C26H27Cl2N3O2. The van der Waals surface area contributed by atoms with Crippen LogP contribution in [0.2, 0.25) is 10.0 Å². The van der Waals surface area contributed by atoms with Crippen molar-refractivity contribution in [3.63, 3.8) is 0 Å². The Bertz CT molecular complexity index is 1120. The first-order chi connectivity index (χ1) is 16.0. The van der Waals surface area contributed by atoms with Gasteiger partial charge < -0.3 is 20.1 Å². The highest BCUT2D eigenvalue weighted by atomic mass is 35.5. The number of aliphatic hydroxyl groups is 1. The summed E-state index contributed by atoms with van der Waals surface area (Å²) in [5.74, 6) is 1.56. The van der Waals surface area contributed by atoms with Gasteiger partial charge in [0.05, 0.1) is 15.7 Å². The maximum atomic E-state index is 9.83. The fraction of sp³-hybridized carbons (Fsp3) is 0.308. The van der Waals surface area contributed by atoms with Gasteiger partial charge in [0.15, 0.2) is 0 Å². The predicted octanol–water partition coefficient (Wildman–Crippen LogP) is 5.78. The minimum atomic E-state index is -0.489. The zero-order chi connectivity index (χ0) is 22.8. The summed E-state index contributed by atoms with van der Waals surface area (Å²) < 4.78 is 6.04. The van der Waals surface area contributed by atoms with Crippen LogP contribution in [0.1, 0.15) is 17.5 Å². The fourth-order valence-corrected chi connectivity index (χ4v) is 4.87. The lowest BCUT2D eigenvalue weighted by Gasteiger charge is -2.36. The van der Waals surface area contributed by atoms with Crippen LogP contribution in [-0.4, -0.2) is 42.4 Å². The fourth-order valence-electron chi connectivity index (χ4n) is 4.46. The van der Waals surface area contributed by atoms with E-state index in [1.807, 2.05) is 42.5 Å². The largest absolute Gasteiger partial charge is 0.457 e. The number of hydrogen-bond donors (Lipinski definition) is 2. The maximum Gasteiger partial charge on any atom is 0.129 e. The molecule has 1 unspecified atom stereocenters. The van der Waals surface area contributed by atoms with Crippen molar-refractivity contribution in [1.82, 2.24) is 4.90 Å². The molecular weight excluding hydrogens is 457 g/mol. The Morgan fingerprint density at radius 3 is 2.48 bits per heavy atom. The van der Waals surface area contributed by atoms with Gasteiger partial charge in [-0.1, -0.05) is 47.5 Å². The van der Waals surface area contributed by atoms with E-state index in [0.29, 0.717) is 10.0 Å². The van der Waals surface area contributed by atoms with Crippen LogP contribution >= 0.6 is 23.2 Å². The summed E-state index contributed by atoms with van der Waals surface area (Å²) in [6, 6.07) is 20.1. The molecule has 0 bridgehead atoms. The third-order valence-corrected chi connectivity index (χ3v) is 7.11. The summed E-state index contributed by atoms with van der Waals surface area (Å²) in [5.41, 5.74) is 4.42. The minimum absolute atomic E-state index is 0.489. The Kier molecular flexibility index (Phi) is 6.65. The molecule has 1 fully saturated rings. The third kappa shape index (κ3) is 5.22. The van der Waals surface area contributed by atoms with E-state index in [9.17, 15) is 5.11 Å². The molecule has 0 saturated carbocycles. The van der Waals surface area contributed by atoms with Crippen molar-refractivity contribution in [3.8, 4) is 11.5 Å². The van der Waals surface area contributed by atoms with Gasteiger partial charge in [0.1, 0.15) is 17.7 Å². The van der Waals surface area contributed by atoms with Crippen LogP contribution in [0.15, 0.2) is 60.7 Å². The molecule has 1 atom stereocenters. The molecule has 5 rings (SSSR count). The number of ether oxygens (including phenoxy) is 1. The quantitative estimate of drug-likeness (QED) is 0.481. The normalized spacial score (nSPS) is 18.5. The van der Waals surface area contributed by atoms with Gasteiger partial charge in [-0.05, 0) is 54.3 Å². The first-order valence-corrected chi connectivity index (χ1v) is 12.1. The topological polar surface area (TPSA) is 48.0 Å². The number of aryl methyl sites for hydroxylation is 1. The second kappa shape index (κ2) is 9.82. The van der Waals surface area contributed by atoms with E-state index in [1.54, 1.807) is 0 Å². The lowest BCUT2D eigenvalue weighted by atomic mass is 10.0. The number of nitrogens with one attached hydrogen (secondary N) is 1. The molecule has 1 saturated heterocycles. The van der Waals surface area contributed by atoms with Crippen LogP contribution in [0, 0.1) is 0 Å². The van der Waals surface area contributed by atoms with E-state index in [0.717, 1.165) is 68.4 Å². The number of benzene rings is 3. The Labute approximate surface area is 204 Å². The minimum Gasteiger partial charge on any atom is -0.457 e. The van der Waals surface area contributed by atoms with Gasteiger partial charge in [-0.25, -0.2) is 0 Å². The smallest absolute Gasteiger partial charge is 0.129 e. The number of aliphatic hydroxyl groups excluding tert-OH is 1. The van der Waals surface area contributed by atoms with Crippen LogP contribution < -0.4 is 15.0 Å². The monoisotopic (exact) mass is 483 g/mol. The number of halogens is 2. The number of piperazine rings is 1. The average Bonchev–Trinajstić information content (AvgIpc) is 2.82. The first-order valence-electron chi connectivity index (χ1n) is 11.3. The van der Waals surface area contributed by atoms with Gasteiger partial charge in [-0.2, -0.15) is 0 Å². The molecule has 172 valence electrons. The molecule has 0 aromatic heterocycles. The van der Waals surface area contributed by atoms with Crippen molar-refractivity contribution in [2.45, 2.75) is 25.6 Å². The number of fused-ring (bicyclic) bond motifs is 1. The molecule has 0 spiro atoms. The van der Waals surface area contributed by atoms with Crippen molar-refractivity contribution in [2.75, 3.05) is 36.4 Å². The molecule has 0 radical (unpaired) electrons.